The molecule has 282 valence electrons. The molecule has 0 saturated carbocycles. The Labute approximate surface area is 349 Å². The summed E-state index contributed by atoms with van der Waals surface area (Å²) in [6.07, 6.45) is 0. The second kappa shape index (κ2) is 15.1. The van der Waals surface area contributed by atoms with Crippen LogP contribution in [0.1, 0.15) is 0 Å². The smallest absolute Gasteiger partial charge is 0.143 e. The molecule has 0 unspecified atom stereocenters. The van der Waals surface area contributed by atoms with Gasteiger partial charge in [0.15, 0.2) is 0 Å². The van der Waals surface area contributed by atoms with Crippen molar-refractivity contribution in [3.8, 4) is 55.6 Å². The fourth-order valence-electron chi connectivity index (χ4n) is 8.99. The van der Waals surface area contributed by atoms with Gasteiger partial charge in [0.1, 0.15) is 11.2 Å². The Morgan fingerprint density at radius 3 is 1.65 bits per heavy atom. The first kappa shape index (κ1) is 35.2. The van der Waals surface area contributed by atoms with E-state index in [1.54, 1.807) is 0 Å². The van der Waals surface area contributed by atoms with Crippen molar-refractivity contribution >= 4 is 49.8 Å². The highest BCUT2D eigenvalue weighted by molar-refractivity contribution is 6.11. The Morgan fingerprint density at radius 2 is 0.817 bits per heavy atom. The maximum atomic E-state index is 6.72. The van der Waals surface area contributed by atoms with E-state index in [0.717, 1.165) is 77.9 Å². The van der Waals surface area contributed by atoms with Gasteiger partial charge in [-0.1, -0.05) is 206 Å². The maximum Gasteiger partial charge on any atom is 0.143 e. The molecule has 2 nitrogen and oxygen atoms in total. The van der Waals surface area contributed by atoms with Gasteiger partial charge in [-0.25, -0.2) is 0 Å². The summed E-state index contributed by atoms with van der Waals surface area (Å²) >= 11 is 0. The van der Waals surface area contributed by atoms with Crippen molar-refractivity contribution in [3.63, 3.8) is 0 Å². The molecular weight excluding hydrogens is 727 g/mol. The molecule has 1 aromatic heterocycles. The first-order valence-electron chi connectivity index (χ1n) is 20.5. The molecule has 0 N–H and O–H groups in total. The van der Waals surface area contributed by atoms with Gasteiger partial charge in [0.05, 0.1) is 11.4 Å². The van der Waals surface area contributed by atoms with Crippen LogP contribution in [-0.2, 0) is 0 Å². The summed E-state index contributed by atoms with van der Waals surface area (Å²) in [6.45, 7) is 0. The summed E-state index contributed by atoms with van der Waals surface area (Å²) in [5, 5.41) is 4.66. The summed E-state index contributed by atoms with van der Waals surface area (Å²) in [6, 6.07) is 85.0. The first-order chi connectivity index (χ1) is 29.8. The van der Waals surface area contributed by atoms with Gasteiger partial charge < -0.3 is 9.32 Å². The molecular formula is C58H39NO. The van der Waals surface area contributed by atoms with Crippen LogP contribution >= 0.6 is 0 Å². The van der Waals surface area contributed by atoms with E-state index in [0.29, 0.717) is 0 Å². The maximum absolute atomic E-state index is 6.72. The van der Waals surface area contributed by atoms with Gasteiger partial charge in [-0.3, -0.25) is 0 Å². The molecule has 0 amide bonds. The van der Waals surface area contributed by atoms with Crippen molar-refractivity contribution in [2.45, 2.75) is 0 Å². The highest BCUT2D eigenvalue weighted by Gasteiger charge is 2.26. The van der Waals surface area contributed by atoms with E-state index < -0.39 is 0 Å². The molecule has 0 aliphatic carbocycles. The van der Waals surface area contributed by atoms with Gasteiger partial charge in [-0.2, -0.15) is 0 Å². The minimum absolute atomic E-state index is 0.878. The fourth-order valence-corrected chi connectivity index (χ4v) is 8.99. The molecule has 0 radical (unpaired) electrons. The fraction of sp³-hybridized carbons (Fsp3) is 0. The normalized spacial score (nSPS) is 11.3. The van der Waals surface area contributed by atoms with E-state index in [2.05, 4.69) is 235 Å². The Hall–Kier alpha value is -7.94. The van der Waals surface area contributed by atoms with Gasteiger partial charge in [-0.05, 0) is 80.0 Å². The Morgan fingerprint density at radius 1 is 0.300 bits per heavy atom. The van der Waals surface area contributed by atoms with Crippen LogP contribution in [0.15, 0.2) is 241 Å². The van der Waals surface area contributed by atoms with Crippen LogP contribution in [0.4, 0.5) is 17.1 Å². The molecule has 10 aromatic carbocycles. The van der Waals surface area contributed by atoms with Gasteiger partial charge >= 0.3 is 0 Å². The second-order valence-corrected chi connectivity index (χ2v) is 15.2. The molecule has 0 fully saturated rings. The molecule has 0 spiro atoms. The number of benzene rings is 10. The molecule has 0 atom stereocenters. The van der Waals surface area contributed by atoms with Crippen molar-refractivity contribution in [2.24, 2.45) is 0 Å². The SMILES string of the molecule is c1ccc(-c2ccccc2-c2c(-c3ccccc3)cccc2N(c2cccc(-c3cccc4ccccc34)c2)c2ccccc2-c2cccc3c2oc2ccccc23)cc1. The number of furan rings is 1. The van der Waals surface area contributed by atoms with Crippen molar-refractivity contribution in [2.75, 3.05) is 4.90 Å². The van der Waals surface area contributed by atoms with Crippen LogP contribution in [0.25, 0.3) is 88.3 Å². The lowest BCUT2D eigenvalue weighted by molar-refractivity contribution is 0.670. The van der Waals surface area contributed by atoms with E-state index in [1.807, 2.05) is 6.07 Å². The zero-order chi connectivity index (χ0) is 39.8. The lowest BCUT2D eigenvalue weighted by Gasteiger charge is -2.32. The summed E-state index contributed by atoms with van der Waals surface area (Å²) < 4.78 is 6.72. The van der Waals surface area contributed by atoms with Crippen LogP contribution in [0, 0.1) is 0 Å². The van der Waals surface area contributed by atoms with Crippen molar-refractivity contribution in [1.82, 2.24) is 0 Å². The molecule has 2 heteroatoms. The van der Waals surface area contributed by atoms with E-state index in [-0.39, 0.29) is 0 Å². The quantitative estimate of drug-likeness (QED) is 0.153. The summed E-state index contributed by atoms with van der Waals surface area (Å²) in [4.78, 5) is 2.47. The molecule has 0 aliphatic heterocycles. The topological polar surface area (TPSA) is 16.4 Å². The van der Waals surface area contributed by atoms with Gasteiger partial charge in [0.2, 0.25) is 0 Å². The number of hydrogen-bond acceptors (Lipinski definition) is 2. The molecule has 60 heavy (non-hydrogen) atoms. The second-order valence-electron chi connectivity index (χ2n) is 15.2. The van der Waals surface area contributed by atoms with Crippen LogP contribution in [0.2, 0.25) is 0 Å². The van der Waals surface area contributed by atoms with Crippen molar-refractivity contribution in [3.05, 3.63) is 237 Å². The lowest BCUT2D eigenvalue weighted by atomic mass is 9.87. The molecule has 0 aliphatic rings. The predicted octanol–water partition coefficient (Wildman–Crippen LogP) is 16.5. The highest BCUT2D eigenvalue weighted by atomic mass is 16.3. The average Bonchev–Trinajstić information content (AvgIpc) is 3.71. The van der Waals surface area contributed by atoms with E-state index in [4.69, 9.17) is 4.42 Å². The minimum atomic E-state index is 0.878. The standard InChI is InChI=1S/C58H39NO/c1-3-19-40(20-4-1)46-28-9-10-31-51(46)57-48(42-21-5-2-6-22-42)33-18-37-55(57)59(44-26-15-25-43(39-44)47-32-16-24-41-23-7-8-27-45(41)47)54-36-13-11-29-49(54)52-34-17-35-53-50-30-12-14-38-56(50)60-58(52)53/h1-39H. The molecule has 0 saturated heterocycles. The Bertz CT molecular complexity index is 3320. The third kappa shape index (κ3) is 6.14. The predicted molar refractivity (Wildman–Crippen MR) is 253 cm³/mol. The summed E-state index contributed by atoms with van der Waals surface area (Å²) in [5.41, 5.74) is 16.3. The highest BCUT2D eigenvalue weighted by Crippen LogP contribution is 2.51. The van der Waals surface area contributed by atoms with E-state index in [9.17, 15) is 0 Å². The molecule has 0 bridgehead atoms. The van der Waals surface area contributed by atoms with Crippen LogP contribution in [-0.4, -0.2) is 0 Å². The van der Waals surface area contributed by atoms with Crippen molar-refractivity contribution in [1.29, 1.82) is 0 Å². The minimum Gasteiger partial charge on any atom is -0.455 e. The molecule has 1 heterocycles. The number of fused-ring (bicyclic) bond motifs is 4. The Kier molecular flexibility index (Phi) is 8.87. The van der Waals surface area contributed by atoms with Gasteiger partial charge in [0.25, 0.3) is 0 Å². The lowest BCUT2D eigenvalue weighted by Crippen LogP contribution is -2.13. The van der Waals surface area contributed by atoms with E-state index in [1.165, 1.54) is 27.5 Å². The third-order valence-corrected chi connectivity index (χ3v) is 11.7. The number of hydrogen-bond donors (Lipinski definition) is 0. The van der Waals surface area contributed by atoms with Crippen molar-refractivity contribution < 1.29 is 4.42 Å². The summed E-state index contributed by atoms with van der Waals surface area (Å²) in [5.74, 6) is 0. The monoisotopic (exact) mass is 765 g/mol. The van der Waals surface area contributed by atoms with Gasteiger partial charge in [-0.15, -0.1) is 0 Å². The van der Waals surface area contributed by atoms with Gasteiger partial charge in [0, 0.05) is 33.2 Å². The zero-order valence-corrected chi connectivity index (χ0v) is 32.9. The Balaban J connectivity index is 1.23. The number of para-hydroxylation sites is 3. The number of rotatable bonds is 8. The first-order valence-corrected chi connectivity index (χ1v) is 20.5. The number of nitrogens with zero attached hydrogens (tertiary/aromatic N) is 1. The number of anilines is 3. The molecule has 11 rings (SSSR count). The average molecular weight is 766 g/mol. The van der Waals surface area contributed by atoms with Crippen LogP contribution in [0.5, 0.6) is 0 Å². The molecule has 11 aromatic rings. The van der Waals surface area contributed by atoms with Crippen LogP contribution in [0.3, 0.4) is 0 Å². The van der Waals surface area contributed by atoms with E-state index >= 15 is 0 Å². The largest absolute Gasteiger partial charge is 0.455 e. The van der Waals surface area contributed by atoms with Crippen LogP contribution < -0.4 is 4.90 Å². The zero-order valence-electron chi connectivity index (χ0n) is 32.9. The third-order valence-electron chi connectivity index (χ3n) is 11.7. The summed E-state index contributed by atoms with van der Waals surface area (Å²) in [7, 11) is 0.